The average Bonchev–Trinajstić information content (AvgIpc) is 3.22. The first-order chi connectivity index (χ1) is 17.5. The molecular weight excluding hydrogens is 511 g/mol. The van der Waals surface area contributed by atoms with E-state index in [2.05, 4.69) is 15.2 Å². The first kappa shape index (κ1) is 26.6. The Labute approximate surface area is 218 Å². The predicted octanol–water partition coefficient (Wildman–Crippen LogP) is 4.51. The van der Waals surface area contributed by atoms with Crippen LogP contribution in [0.25, 0.3) is 10.8 Å². The number of hydrogen-bond acceptors (Lipinski definition) is 6. The van der Waals surface area contributed by atoms with Crippen molar-refractivity contribution in [2.45, 2.75) is 62.4 Å². The number of fused-ring (bicyclic) bond motifs is 1. The van der Waals surface area contributed by atoms with Crippen LogP contribution >= 0.6 is 11.6 Å². The van der Waals surface area contributed by atoms with Crippen LogP contribution in [0.1, 0.15) is 44.1 Å². The third kappa shape index (κ3) is 5.45. The molecule has 3 fully saturated rings. The highest BCUT2D eigenvalue weighted by atomic mass is 35.5. The van der Waals surface area contributed by atoms with Gasteiger partial charge in [0.05, 0.1) is 37.4 Å². The summed E-state index contributed by atoms with van der Waals surface area (Å²) in [6.07, 6.45) is -3.46. The van der Waals surface area contributed by atoms with E-state index in [4.69, 9.17) is 21.1 Å². The molecule has 0 bridgehead atoms. The lowest BCUT2D eigenvalue weighted by Crippen LogP contribution is -2.56. The molecule has 4 heterocycles. The lowest BCUT2D eigenvalue weighted by Gasteiger charge is -2.43. The summed E-state index contributed by atoms with van der Waals surface area (Å²) in [6.45, 7) is 4.31. The Morgan fingerprint density at radius 3 is 2.54 bits per heavy atom. The first-order valence-corrected chi connectivity index (χ1v) is 13.0. The summed E-state index contributed by atoms with van der Waals surface area (Å²) in [6, 6.07) is 5.67. The Morgan fingerprint density at radius 2 is 1.92 bits per heavy atom. The number of anilines is 1. The number of nitrogens with one attached hydrogen (secondary N) is 1. The second-order valence-electron chi connectivity index (χ2n) is 10.6. The van der Waals surface area contributed by atoms with Gasteiger partial charge in [0.15, 0.2) is 6.10 Å². The molecule has 4 atom stereocenters. The van der Waals surface area contributed by atoms with E-state index in [0.29, 0.717) is 24.1 Å². The van der Waals surface area contributed by atoms with Gasteiger partial charge in [-0.15, -0.1) is 0 Å². The second-order valence-corrected chi connectivity index (χ2v) is 11.0. The van der Waals surface area contributed by atoms with E-state index in [1.54, 1.807) is 12.3 Å². The van der Waals surface area contributed by atoms with Crippen molar-refractivity contribution in [1.29, 1.82) is 0 Å². The van der Waals surface area contributed by atoms with Gasteiger partial charge in [0.1, 0.15) is 5.82 Å². The lowest BCUT2D eigenvalue weighted by atomic mass is 9.85. The van der Waals surface area contributed by atoms with Crippen LogP contribution in [0.15, 0.2) is 24.4 Å². The number of benzene rings is 1. The van der Waals surface area contributed by atoms with Crippen LogP contribution in [0.3, 0.4) is 0 Å². The highest BCUT2D eigenvalue weighted by Gasteiger charge is 2.45. The number of aliphatic hydroxyl groups excluding tert-OH is 1. The van der Waals surface area contributed by atoms with Gasteiger partial charge in [-0.1, -0.05) is 11.6 Å². The van der Waals surface area contributed by atoms with Crippen LogP contribution in [0.5, 0.6) is 0 Å². The number of carbonyl (C=O) groups excluding carboxylic acids is 1. The molecule has 1 aromatic carbocycles. The third-order valence-corrected chi connectivity index (χ3v) is 8.47. The number of piperidine rings is 1. The van der Waals surface area contributed by atoms with Crippen LogP contribution in [-0.2, 0) is 14.3 Å². The molecule has 37 heavy (non-hydrogen) atoms. The minimum Gasteiger partial charge on any atom is -0.389 e. The molecule has 202 valence electrons. The van der Waals surface area contributed by atoms with Crippen LogP contribution < -0.4 is 5.32 Å². The fourth-order valence-corrected chi connectivity index (χ4v) is 5.99. The van der Waals surface area contributed by atoms with Crippen molar-refractivity contribution in [3.8, 4) is 0 Å². The molecule has 2 aromatic rings. The van der Waals surface area contributed by atoms with E-state index >= 15 is 0 Å². The second kappa shape index (κ2) is 10.3. The van der Waals surface area contributed by atoms with Gasteiger partial charge in [0.25, 0.3) is 0 Å². The number of hydrogen-bond donors (Lipinski definition) is 2. The van der Waals surface area contributed by atoms with Crippen molar-refractivity contribution in [2.24, 2.45) is 5.92 Å². The summed E-state index contributed by atoms with van der Waals surface area (Å²) in [5.74, 6) is -0.474. The highest BCUT2D eigenvalue weighted by molar-refractivity contribution is 6.32. The number of nitrogens with zero attached hydrogens (tertiary/aromatic N) is 2. The molecule has 3 aliphatic rings. The maximum absolute atomic E-state index is 12.8. The zero-order chi connectivity index (χ0) is 26.4. The number of aliphatic hydroxyl groups is 1. The van der Waals surface area contributed by atoms with Crippen molar-refractivity contribution in [3.63, 3.8) is 0 Å². The molecule has 11 heteroatoms. The molecule has 0 spiro atoms. The number of alkyl halides is 3. The number of ether oxygens (including phenoxy) is 2. The van der Waals surface area contributed by atoms with Crippen molar-refractivity contribution in [3.05, 3.63) is 35.0 Å². The topological polar surface area (TPSA) is 83.9 Å². The summed E-state index contributed by atoms with van der Waals surface area (Å²) in [5.41, 5.74) is 0.665. The predicted molar refractivity (Wildman–Crippen MR) is 133 cm³/mol. The normalized spacial score (nSPS) is 30.1. The van der Waals surface area contributed by atoms with Gasteiger partial charge in [-0.05, 0) is 80.8 Å². The summed E-state index contributed by atoms with van der Waals surface area (Å²) >= 11 is 6.65. The van der Waals surface area contributed by atoms with Gasteiger partial charge in [-0.3, -0.25) is 9.69 Å². The van der Waals surface area contributed by atoms with Crippen LogP contribution in [0, 0.1) is 5.92 Å². The molecule has 1 aromatic heterocycles. The number of likely N-dealkylation sites (tertiary alicyclic amines) is 1. The molecule has 5 rings (SSSR count). The Hall–Kier alpha value is -1.98. The van der Waals surface area contributed by atoms with E-state index < -0.39 is 30.2 Å². The minimum atomic E-state index is -4.42. The fourth-order valence-electron chi connectivity index (χ4n) is 5.67. The summed E-state index contributed by atoms with van der Waals surface area (Å²) in [4.78, 5) is 19.3. The van der Waals surface area contributed by atoms with Gasteiger partial charge in [-0.2, -0.15) is 13.2 Å². The molecule has 2 unspecified atom stereocenters. The molecule has 1 amide bonds. The van der Waals surface area contributed by atoms with E-state index in [0.717, 1.165) is 42.3 Å². The van der Waals surface area contributed by atoms with E-state index in [1.165, 1.54) is 0 Å². The molecule has 7 nitrogen and oxygen atoms in total. The van der Waals surface area contributed by atoms with Gasteiger partial charge in [0.2, 0.25) is 5.91 Å². The smallest absolute Gasteiger partial charge is 0.389 e. The Kier molecular flexibility index (Phi) is 7.41. The zero-order valence-electron chi connectivity index (χ0n) is 20.6. The van der Waals surface area contributed by atoms with Gasteiger partial charge in [0, 0.05) is 16.6 Å². The summed E-state index contributed by atoms with van der Waals surface area (Å²) in [7, 11) is 0. The molecule has 0 radical (unpaired) electrons. The van der Waals surface area contributed by atoms with E-state index in [1.807, 2.05) is 19.1 Å². The van der Waals surface area contributed by atoms with Gasteiger partial charge in [-0.25, -0.2) is 4.98 Å². The zero-order valence-corrected chi connectivity index (χ0v) is 21.3. The SMILES string of the molecule is C[C@]1(N2CCC(c3cc4cc(NC(=O)C5CCC(C(F)(F)F)OC5)ncc4cc3Cl)CC2)COC[C@H]1O. The molecule has 2 N–H and O–H groups in total. The van der Waals surface area contributed by atoms with Crippen LogP contribution in [0.4, 0.5) is 19.0 Å². The van der Waals surface area contributed by atoms with E-state index in [9.17, 15) is 23.1 Å². The fraction of sp³-hybridized carbons (Fsp3) is 0.615. The summed E-state index contributed by atoms with van der Waals surface area (Å²) < 4.78 is 48.8. The summed E-state index contributed by atoms with van der Waals surface area (Å²) in [5, 5.41) is 15.5. The lowest BCUT2D eigenvalue weighted by molar-refractivity contribution is -0.234. The Balaban J connectivity index is 1.25. The largest absolute Gasteiger partial charge is 0.414 e. The third-order valence-electron chi connectivity index (χ3n) is 8.15. The number of rotatable bonds is 4. The standard InChI is InChI=1S/C26H31ClF3N3O4/c1-25(14-36-13-21(25)34)33-6-4-15(5-7-33)19-8-17-10-23(31-11-18(17)9-20(19)27)32-24(35)16-2-3-22(37-12-16)26(28,29)30/h8-11,15-16,21-22,34H,2-7,12-14H2,1H3,(H,31,32,35)/t16?,21-,22?,25+/m1/s1. The molecule has 3 saturated heterocycles. The van der Waals surface area contributed by atoms with Gasteiger partial charge < -0.3 is 19.9 Å². The van der Waals surface area contributed by atoms with Crippen molar-refractivity contribution in [1.82, 2.24) is 9.88 Å². The Morgan fingerprint density at radius 1 is 1.16 bits per heavy atom. The number of aromatic nitrogens is 1. The van der Waals surface area contributed by atoms with Crippen LogP contribution in [-0.4, -0.2) is 77.7 Å². The maximum Gasteiger partial charge on any atom is 0.414 e. The van der Waals surface area contributed by atoms with E-state index in [-0.39, 0.29) is 30.9 Å². The molecule has 0 saturated carbocycles. The molecule has 0 aliphatic carbocycles. The maximum atomic E-state index is 12.8. The quantitative estimate of drug-likeness (QED) is 0.592. The Bertz CT molecular complexity index is 1150. The molecular formula is C26H31ClF3N3O4. The number of amides is 1. The number of pyridine rings is 1. The van der Waals surface area contributed by atoms with Crippen molar-refractivity contribution >= 4 is 34.1 Å². The average molecular weight is 542 g/mol. The van der Waals surface area contributed by atoms with Crippen LogP contribution in [0.2, 0.25) is 5.02 Å². The number of carbonyl (C=O) groups is 1. The first-order valence-electron chi connectivity index (χ1n) is 12.6. The van der Waals surface area contributed by atoms with Gasteiger partial charge >= 0.3 is 6.18 Å². The van der Waals surface area contributed by atoms with Crippen molar-refractivity contribution in [2.75, 3.05) is 38.2 Å². The number of halogens is 4. The minimum absolute atomic E-state index is 0.101. The monoisotopic (exact) mass is 541 g/mol. The highest BCUT2D eigenvalue weighted by Crippen LogP contribution is 2.39. The van der Waals surface area contributed by atoms with Crippen molar-refractivity contribution < 1.29 is 32.5 Å². The molecule has 3 aliphatic heterocycles.